The molecule has 5 amide bonds. The Morgan fingerprint density at radius 3 is 1.63 bits per heavy atom. The van der Waals surface area contributed by atoms with Crippen LogP contribution in [0.2, 0.25) is 0 Å². The summed E-state index contributed by atoms with van der Waals surface area (Å²) in [5.74, 6) is -7.44. The SMILES string of the molecule is COC(=O)CC(NC(=O)C(C)NC(=O)C(NC(=O)C(CC(=O)OC)NC(=O)C(NC(=O)OCc1ccccc1)C(C)C)C(C)C)C(=O)CF. The maximum atomic E-state index is 13.4. The summed E-state index contributed by atoms with van der Waals surface area (Å²) in [6.45, 7) is 6.17. The lowest BCUT2D eigenvalue weighted by Crippen LogP contribution is -2.60. The first-order chi connectivity index (χ1) is 23.0. The Kier molecular flexibility index (Phi) is 18.0. The highest BCUT2D eigenvalue weighted by Crippen LogP contribution is 2.09. The second kappa shape index (κ2) is 21.0. The maximum Gasteiger partial charge on any atom is 0.408 e. The Morgan fingerprint density at radius 1 is 0.633 bits per heavy atom. The second-order valence-corrected chi connectivity index (χ2v) is 11.7. The Bertz CT molecular complexity index is 1330. The van der Waals surface area contributed by atoms with Crippen molar-refractivity contribution >= 4 is 47.4 Å². The van der Waals surface area contributed by atoms with Crippen LogP contribution in [0.4, 0.5) is 9.18 Å². The van der Waals surface area contributed by atoms with Gasteiger partial charge in [0.05, 0.1) is 27.1 Å². The van der Waals surface area contributed by atoms with Crippen LogP contribution in [0.25, 0.3) is 0 Å². The van der Waals surface area contributed by atoms with Gasteiger partial charge in [-0.15, -0.1) is 0 Å². The fraction of sp³-hybridized carbons (Fsp3) is 0.562. The number of hydrogen-bond donors (Lipinski definition) is 5. The molecule has 0 aliphatic heterocycles. The lowest BCUT2D eigenvalue weighted by atomic mass is 10.0. The molecule has 5 N–H and O–H groups in total. The molecule has 0 fully saturated rings. The van der Waals surface area contributed by atoms with Gasteiger partial charge in [-0.2, -0.15) is 0 Å². The van der Waals surface area contributed by atoms with Gasteiger partial charge in [-0.25, -0.2) is 9.18 Å². The van der Waals surface area contributed by atoms with E-state index in [2.05, 4.69) is 36.1 Å². The number of carbonyl (C=O) groups is 8. The summed E-state index contributed by atoms with van der Waals surface area (Å²) in [7, 11) is 2.13. The van der Waals surface area contributed by atoms with E-state index < -0.39 is 109 Å². The average Bonchev–Trinajstić information content (AvgIpc) is 3.06. The van der Waals surface area contributed by atoms with Crippen LogP contribution in [0, 0.1) is 11.8 Å². The van der Waals surface area contributed by atoms with Crippen LogP contribution < -0.4 is 26.6 Å². The molecule has 0 aliphatic rings. The number of hydrogen-bond acceptors (Lipinski definition) is 11. The van der Waals surface area contributed by atoms with E-state index in [-0.39, 0.29) is 6.61 Å². The normalized spacial score (nSPS) is 13.8. The number of methoxy groups -OCH3 is 2. The van der Waals surface area contributed by atoms with Crippen molar-refractivity contribution in [2.24, 2.45) is 11.8 Å². The number of benzene rings is 1. The quantitative estimate of drug-likeness (QED) is 0.0972. The lowest BCUT2D eigenvalue weighted by molar-refractivity contribution is -0.144. The summed E-state index contributed by atoms with van der Waals surface area (Å²) in [4.78, 5) is 101. The molecule has 49 heavy (non-hydrogen) atoms. The molecule has 5 atom stereocenters. The van der Waals surface area contributed by atoms with Crippen LogP contribution in [-0.4, -0.2) is 98.5 Å². The van der Waals surface area contributed by atoms with E-state index in [0.717, 1.165) is 14.2 Å². The van der Waals surface area contributed by atoms with E-state index >= 15 is 0 Å². The average molecular weight is 696 g/mol. The molecular formula is C32H46FN5O11. The van der Waals surface area contributed by atoms with Crippen LogP contribution in [-0.2, 0) is 54.4 Å². The summed E-state index contributed by atoms with van der Waals surface area (Å²) in [5, 5.41) is 11.9. The Balaban J connectivity index is 3.03. The minimum Gasteiger partial charge on any atom is -0.469 e. The lowest BCUT2D eigenvalue weighted by Gasteiger charge is -2.28. The summed E-state index contributed by atoms with van der Waals surface area (Å²) < 4.78 is 27.3. The van der Waals surface area contributed by atoms with Gasteiger partial charge in [-0.1, -0.05) is 58.0 Å². The van der Waals surface area contributed by atoms with Crippen molar-refractivity contribution in [3.63, 3.8) is 0 Å². The molecule has 0 saturated heterocycles. The van der Waals surface area contributed by atoms with Gasteiger partial charge in [0.2, 0.25) is 23.6 Å². The number of alkyl carbamates (subject to hydrolysis) is 1. The fourth-order valence-electron chi connectivity index (χ4n) is 4.19. The topological polar surface area (TPSA) is 224 Å². The largest absolute Gasteiger partial charge is 0.469 e. The number of ether oxygens (including phenoxy) is 3. The van der Waals surface area contributed by atoms with Crippen LogP contribution in [0.1, 0.15) is 53.0 Å². The zero-order chi connectivity index (χ0) is 37.3. The molecule has 0 saturated carbocycles. The molecule has 16 nitrogen and oxygen atoms in total. The molecule has 0 aliphatic carbocycles. The zero-order valence-electron chi connectivity index (χ0n) is 28.6. The molecule has 0 aromatic heterocycles. The third kappa shape index (κ3) is 14.7. The predicted molar refractivity (Wildman–Crippen MR) is 171 cm³/mol. The Morgan fingerprint density at radius 2 is 1.12 bits per heavy atom. The molecular weight excluding hydrogens is 649 g/mol. The zero-order valence-corrected chi connectivity index (χ0v) is 28.6. The molecule has 272 valence electrons. The van der Waals surface area contributed by atoms with Crippen LogP contribution in [0.3, 0.4) is 0 Å². The number of amides is 5. The van der Waals surface area contributed by atoms with Crippen molar-refractivity contribution in [2.75, 3.05) is 20.9 Å². The van der Waals surface area contributed by atoms with Crippen LogP contribution in [0.15, 0.2) is 30.3 Å². The van der Waals surface area contributed by atoms with E-state index in [0.29, 0.717) is 5.56 Å². The highest BCUT2D eigenvalue weighted by atomic mass is 19.1. The van der Waals surface area contributed by atoms with E-state index in [1.165, 1.54) is 6.92 Å². The number of halogens is 1. The molecule has 1 aromatic rings. The number of carbonyl (C=O) groups excluding carboxylic acids is 8. The smallest absolute Gasteiger partial charge is 0.408 e. The third-order valence-corrected chi connectivity index (χ3v) is 7.10. The summed E-state index contributed by atoms with van der Waals surface area (Å²) in [5.41, 5.74) is 0.714. The van der Waals surface area contributed by atoms with E-state index in [1.54, 1.807) is 58.0 Å². The maximum absolute atomic E-state index is 13.4. The van der Waals surface area contributed by atoms with Crippen molar-refractivity contribution in [3.05, 3.63) is 35.9 Å². The number of Topliss-reactive ketones (excluding diaryl/α,β-unsaturated/α-hetero) is 1. The standard InChI is InChI=1S/C32H46FN5O11/c1-17(2)26(30(44)34-19(5)28(42)35-21(23(39)15-33)13-24(40)47-6)37-29(43)22(14-25(41)48-7)36-31(45)27(18(3)4)38-32(46)49-16-20-11-9-8-10-12-20/h8-12,17-19,21-22,26-27H,13-16H2,1-7H3,(H,34,44)(H,35,42)(H,36,45)(H,37,43)(H,38,46). The Labute approximate surface area is 283 Å². The van der Waals surface area contributed by atoms with Gasteiger partial charge in [0.25, 0.3) is 0 Å². The first kappa shape index (κ1) is 41.9. The molecule has 0 bridgehead atoms. The monoisotopic (exact) mass is 695 g/mol. The summed E-state index contributed by atoms with van der Waals surface area (Å²) in [6.07, 6.45) is -2.16. The third-order valence-electron chi connectivity index (χ3n) is 7.10. The van der Waals surface area contributed by atoms with E-state index in [9.17, 15) is 42.7 Å². The van der Waals surface area contributed by atoms with Gasteiger partial charge in [0.1, 0.15) is 43.5 Å². The molecule has 1 aromatic carbocycles. The first-order valence-corrected chi connectivity index (χ1v) is 15.4. The molecule has 1 rings (SSSR count). The number of esters is 2. The minimum absolute atomic E-state index is 0.0603. The molecule has 0 radical (unpaired) electrons. The molecule has 0 heterocycles. The summed E-state index contributed by atoms with van der Waals surface area (Å²) >= 11 is 0. The predicted octanol–water partition coefficient (Wildman–Crippen LogP) is 0.217. The molecule has 0 spiro atoms. The van der Waals surface area contributed by atoms with Crippen LogP contribution in [0.5, 0.6) is 0 Å². The first-order valence-electron chi connectivity index (χ1n) is 15.4. The van der Waals surface area contributed by atoms with Crippen molar-refractivity contribution < 1.29 is 57.0 Å². The number of alkyl halides is 1. The van der Waals surface area contributed by atoms with E-state index in [4.69, 9.17) is 4.74 Å². The van der Waals surface area contributed by atoms with Crippen molar-refractivity contribution in [1.82, 2.24) is 26.6 Å². The number of rotatable bonds is 19. The Hall–Kier alpha value is -5.09. The van der Waals surface area contributed by atoms with Crippen molar-refractivity contribution in [2.45, 2.75) is 84.3 Å². The van der Waals surface area contributed by atoms with Crippen LogP contribution >= 0.6 is 0 Å². The van der Waals surface area contributed by atoms with Gasteiger partial charge >= 0.3 is 18.0 Å². The van der Waals surface area contributed by atoms with Gasteiger partial charge in [0, 0.05) is 0 Å². The summed E-state index contributed by atoms with van der Waals surface area (Å²) in [6, 6.07) is 1.93. The fourth-order valence-corrected chi connectivity index (χ4v) is 4.19. The van der Waals surface area contributed by atoms with Gasteiger partial charge < -0.3 is 40.8 Å². The minimum atomic E-state index is -1.55. The van der Waals surface area contributed by atoms with Gasteiger partial charge in [-0.05, 0) is 24.3 Å². The second-order valence-electron chi connectivity index (χ2n) is 11.7. The highest BCUT2D eigenvalue weighted by molar-refractivity contribution is 5.98. The van der Waals surface area contributed by atoms with Crippen molar-refractivity contribution in [1.29, 1.82) is 0 Å². The highest BCUT2D eigenvalue weighted by Gasteiger charge is 2.34. The van der Waals surface area contributed by atoms with Crippen molar-refractivity contribution in [3.8, 4) is 0 Å². The van der Waals surface area contributed by atoms with Gasteiger partial charge in [0.15, 0.2) is 5.78 Å². The van der Waals surface area contributed by atoms with E-state index in [1.807, 2.05) is 0 Å². The molecule has 5 unspecified atom stereocenters. The molecule has 17 heteroatoms. The van der Waals surface area contributed by atoms with Gasteiger partial charge in [-0.3, -0.25) is 33.6 Å². The number of ketones is 1. The number of nitrogens with one attached hydrogen (secondary N) is 5.